The summed E-state index contributed by atoms with van der Waals surface area (Å²) in [5.74, 6) is 0.385. The van der Waals surface area contributed by atoms with Crippen LogP contribution in [0.4, 0.5) is 11.5 Å². The van der Waals surface area contributed by atoms with E-state index in [1.165, 1.54) is 7.11 Å². The maximum atomic E-state index is 11.4. The molecule has 0 radical (unpaired) electrons. The summed E-state index contributed by atoms with van der Waals surface area (Å²) in [5.41, 5.74) is 1.84. The van der Waals surface area contributed by atoms with E-state index < -0.39 is 5.97 Å². The fourth-order valence-corrected chi connectivity index (χ4v) is 2.50. The largest absolute Gasteiger partial charge is 0.463 e. The molecule has 1 N–H and O–H groups in total. The molecular weight excluding hydrogens is 220 g/mol. The van der Waals surface area contributed by atoms with Gasteiger partial charge in [-0.15, -0.1) is 0 Å². The van der Waals surface area contributed by atoms with Crippen LogP contribution in [-0.2, 0) is 4.74 Å². The molecule has 1 unspecified atom stereocenters. The van der Waals surface area contributed by atoms with Crippen LogP contribution in [0.5, 0.6) is 0 Å². The first kappa shape index (κ1) is 10.3. The standard InChI is InChI=1S/C11H14N4O2/c1-6-8-9(13-7-3-4-15(8)5-7)14-10(12-6)11(16)17-2/h7H,3-5H2,1-2H3,(H,12,13,14). The molecule has 3 rings (SSSR count). The second kappa shape index (κ2) is 3.58. The topological polar surface area (TPSA) is 67.3 Å². The monoisotopic (exact) mass is 234 g/mol. The average molecular weight is 234 g/mol. The Morgan fingerprint density at radius 2 is 2.35 bits per heavy atom. The molecule has 0 saturated carbocycles. The zero-order valence-electron chi connectivity index (χ0n) is 9.86. The molecule has 1 aromatic rings. The van der Waals surface area contributed by atoms with Crippen LogP contribution < -0.4 is 10.2 Å². The number of carbonyl (C=O) groups is 1. The smallest absolute Gasteiger partial charge is 0.376 e. The Kier molecular flexibility index (Phi) is 2.17. The third-order valence-corrected chi connectivity index (χ3v) is 3.27. The second-order valence-corrected chi connectivity index (χ2v) is 4.40. The van der Waals surface area contributed by atoms with Crippen molar-refractivity contribution >= 4 is 17.5 Å². The molecule has 0 amide bonds. The van der Waals surface area contributed by atoms with Gasteiger partial charge in [0.1, 0.15) is 5.69 Å². The first-order valence-electron chi connectivity index (χ1n) is 5.67. The zero-order chi connectivity index (χ0) is 12.0. The van der Waals surface area contributed by atoms with E-state index in [-0.39, 0.29) is 5.82 Å². The molecule has 1 atom stereocenters. The molecule has 1 saturated heterocycles. The van der Waals surface area contributed by atoms with Gasteiger partial charge in [0, 0.05) is 19.1 Å². The third kappa shape index (κ3) is 1.51. The number of hydrogen-bond donors (Lipinski definition) is 1. The summed E-state index contributed by atoms with van der Waals surface area (Å²) in [5, 5.41) is 3.35. The number of anilines is 2. The lowest BCUT2D eigenvalue weighted by Gasteiger charge is -2.28. The molecule has 90 valence electrons. The number of nitrogens with zero attached hydrogens (tertiary/aromatic N) is 3. The maximum absolute atomic E-state index is 11.4. The van der Waals surface area contributed by atoms with Gasteiger partial charge in [-0.25, -0.2) is 14.8 Å². The third-order valence-electron chi connectivity index (χ3n) is 3.27. The highest BCUT2D eigenvalue weighted by molar-refractivity contribution is 5.87. The minimum Gasteiger partial charge on any atom is -0.463 e. The van der Waals surface area contributed by atoms with E-state index in [0.29, 0.717) is 6.04 Å². The van der Waals surface area contributed by atoms with Gasteiger partial charge in [-0.2, -0.15) is 0 Å². The SMILES string of the molecule is COC(=O)c1nc(C)c2c(n1)NC1CCN2C1. The van der Waals surface area contributed by atoms with Crippen LogP contribution in [0.3, 0.4) is 0 Å². The van der Waals surface area contributed by atoms with Gasteiger partial charge in [0.05, 0.1) is 12.8 Å². The summed E-state index contributed by atoms with van der Waals surface area (Å²) in [7, 11) is 1.33. The number of aromatic nitrogens is 2. The second-order valence-electron chi connectivity index (χ2n) is 4.40. The molecule has 2 aliphatic heterocycles. The van der Waals surface area contributed by atoms with Crippen molar-refractivity contribution in [2.45, 2.75) is 19.4 Å². The Balaban J connectivity index is 2.08. The van der Waals surface area contributed by atoms with Gasteiger partial charge in [0.15, 0.2) is 5.82 Å². The van der Waals surface area contributed by atoms with Crippen molar-refractivity contribution in [3.8, 4) is 0 Å². The normalized spacial score (nSPS) is 20.8. The van der Waals surface area contributed by atoms with Gasteiger partial charge in [-0.1, -0.05) is 0 Å². The quantitative estimate of drug-likeness (QED) is 0.717. The van der Waals surface area contributed by atoms with Gasteiger partial charge < -0.3 is 15.0 Å². The number of nitrogens with one attached hydrogen (secondary N) is 1. The van der Waals surface area contributed by atoms with Gasteiger partial charge in [-0.05, 0) is 13.3 Å². The molecule has 1 aromatic heterocycles. The molecule has 17 heavy (non-hydrogen) atoms. The van der Waals surface area contributed by atoms with Crippen molar-refractivity contribution in [3.63, 3.8) is 0 Å². The molecule has 0 spiro atoms. The average Bonchev–Trinajstić information content (AvgIpc) is 2.69. The van der Waals surface area contributed by atoms with E-state index in [2.05, 4.69) is 24.9 Å². The molecule has 2 aliphatic rings. The molecule has 6 nitrogen and oxygen atoms in total. The number of methoxy groups -OCH3 is 1. The first-order valence-corrected chi connectivity index (χ1v) is 5.67. The first-order chi connectivity index (χ1) is 8.19. The van der Waals surface area contributed by atoms with Crippen molar-refractivity contribution in [2.24, 2.45) is 0 Å². The van der Waals surface area contributed by atoms with E-state index in [9.17, 15) is 4.79 Å². The number of ether oxygens (including phenoxy) is 1. The summed E-state index contributed by atoms with van der Waals surface area (Å²) in [6.45, 7) is 3.91. The van der Waals surface area contributed by atoms with E-state index in [4.69, 9.17) is 0 Å². The van der Waals surface area contributed by atoms with Crippen LogP contribution >= 0.6 is 0 Å². The summed E-state index contributed by atoms with van der Waals surface area (Å²) in [6, 6.07) is 0.433. The van der Waals surface area contributed by atoms with Crippen molar-refractivity contribution in [2.75, 3.05) is 30.4 Å². The van der Waals surface area contributed by atoms with Crippen LogP contribution in [0, 0.1) is 6.92 Å². The van der Waals surface area contributed by atoms with E-state index in [0.717, 1.165) is 36.7 Å². The Labute approximate surface area is 99.0 Å². The molecule has 1 fully saturated rings. The zero-order valence-corrected chi connectivity index (χ0v) is 9.86. The Morgan fingerprint density at radius 3 is 3.12 bits per heavy atom. The molecule has 6 heteroatoms. The summed E-state index contributed by atoms with van der Waals surface area (Å²) in [4.78, 5) is 22.2. The highest BCUT2D eigenvalue weighted by Gasteiger charge is 2.33. The van der Waals surface area contributed by atoms with Crippen molar-refractivity contribution in [1.29, 1.82) is 0 Å². The molecule has 3 heterocycles. The molecule has 2 bridgehead atoms. The van der Waals surface area contributed by atoms with Crippen LogP contribution in [-0.4, -0.2) is 42.2 Å². The van der Waals surface area contributed by atoms with E-state index in [1.807, 2.05) is 6.92 Å². The van der Waals surface area contributed by atoms with Gasteiger partial charge in [0.25, 0.3) is 0 Å². The highest BCUT2D eigenvalue weighted by Crippen LogP contribution is 2.35. The highest BCUT2D eigenvalue weighted by atomic mass is 16.5. The number of hydrogen-bond acceptors (Lipinski definition) is 6. The summed E-state index contributed by atoms with van der Waals surface area (Å²) < 4.78 is 4.65. The molecule has 0 aliphatic carbocycles. The summed E-state index contributed by atoms with van der Waals surface area (Å²) in [6.07, 6.45) is 1.10. The number of carbonyl (C=O) groups excluding carboxylic acids is 1. The van der Waals surface area contributed by atoms with Crippen LogP contribution in [0.1, 0.15) is 22.7 Å². The van der Waals surface area contributed by atoms with Crippen molar-refractivity contribution in [3.05, 3.63) is 11.5 Å². The molecule has 0 aromatic carbocycles. The van der Waals surface area contributed by atoms with Gasteiger partial charge >= 0.3 is 5.97 Å². The Morgan fingerprint density at radius 1 is 1.53 bits per heavy atom. The molecular formula is C11H14N4O2. The van der Waals surface area contributed by atoms with Crippen molar-refractivity contribution in [1.82, 2.24) is 9.97 Å². The predicted molar refractivity (Wildman–Crippen MR) is 62.3 cm³/mol. The number of fused-ring (bicyclic) bond motifs is 4. The fourth-order valence-electron chi connectivity index (χ4n) is 2.50. The lowest BCUT2D eigenvalue weighted by Crippen LogP contribution is -2.33. The minimum atomic E-state index is -0.495. The predicted octanol–water partition coefficient (Wildman–Crippen LogP) is 0.576. The van der Waals surface area contributed by atoms with Crippen LogP contribution in [0.2, 0.25) is 0 Å². The Hall–Kier alpha value is -1.85. The summed E-state index contributed by atoms with van der Waals surface area (Å²) >= 11 is 0. The number of esters is 1. The van der Waals surface area contributed by atoms with Gasteiger partial charge in [0.2, 0.25) is 5.82 Å². The number of aryl methyl sites for hydroxylation is 1. The lowest BCUT2D eigenvalue weighted by atomic mass is 10.2. The number of rotatable bonds is 1. The Bertz CT molecular complexity index is 489. The maximum Gasteiger partial charge on any atom is 0.376 e. The lowest BCUT2D eigenvalue weighted by molar-refractivity contribution is 0.0586. The van der Waals surface area contributed by atoms with E-state index >= 15 is 0 Å². The minimum absolute atomic E-state index is 0.124. The fraction of sp³-hybridized carbons (Fsp3) is 0.545. The van der Waals surface area contributed by atoms with Crippen molar-refractivity contribution < 1.29 is 9.53 Å². The van der Waals surface area contributed by atoms with Crippen LogP contribution in [0.15, 0.2) is 0 Å². The van der Waals surface area contributed by atoms with Crippen LogP contribution in [0.25, 0.3) is 0 Å². The van der Waals surface area contributed by atoms with E-state index in [1.54, 1.807) is 0 Å². The van der Waals surface area contributed by atoms with Gasteiger partial charge in [-0.3, -0.25) is 0 Å².